The van der Waals surface area contributed by atoms with Gasteiger partial charge in [0, 0.05) is 12.1 Å². The van der Waals surface area contributed by atoms with E-state index in [2.05, 4.69) is 65.7 Å². The van der Waals surface area contributed by atoms with E-state index in [1.807, 2.05) is 0 Å². The van der Waals surface area contributed by atoms with Crippen LogP contribution < -0.4 is 0 Å². The second-order valence-electron chi connectivity index (χ2n) is 25.9. The van der Waals surface area contributed by atoms with E-state index in [-0.39, 0.29) is 0 Å². The molecule has 3 saturated carbocycles. The van der Waals surface area contributed by atoms with Gasteiger partial charge in [0.2, 0.25) is 0 Å². The predicted molar refractivity (Wildman–Crippen MR) is 312 cm³/mol. The van der Waals surface area contributed by atoms with Gasteiger partial charge in [0.15, 0.2) is 0 Å². The first-order valence-electron chi connectivity index (χ1n) is 33.2. The van der Waals surface area contributed by atoms with Crippen molar-refractivity contribution >= 4 is 0 Å². The van der Waals surface area contributed by atoms with Gasteiger partial charge in [-0.3, -0.25) is 0 Å². The fourth-order valence-corrected chi connectivity index (χ4v) is 14.2. The van der Waals surface area contributed by atoms with Crippen molar-refractivity contribution < 1.29 is 0 Å². The Hall–Kier alpha value is -0.0800. The molecule has 3 aliphatic rings. The molecule has 410 valence electrons. The summed E-state index contributed by atoms with van der Waals surface area (Å²) in [7, 11) is 9.36. The lowest BCUT2D eigenvalue weighted by Crippen LogP contribution is -2.27. The van der Waals surface area contributed by atoms with Gasteiger partial charge in [0.1, 0.15) is 0 Å². The number of rotatable bonds is 54. The van der Waals surface area contributed by atoms with Crippen LogP contribution in [0.5, 0.6) is 0 Å². The lowest BCUT2D eigenvalue weighted by atomic mass is 9.76. The summed E-state index contributed by atoms with van der Waals surface area (Å²) in [6, 6.07) is 1.61. The third-order valence-electron chi connectivity index (χ3n) is 19.3. The molecule has 0 aliphatic heterocycles. The minimum Gasteiger partial charge on any atom is -0.306 e. The van der Waals surface area contributed by atoms with Crippen LogP contribution in [0.1, 0.15) is 342 Å². The molecule has 0 aromatic rings. The zero-order valence-electron chi connectivity index (χ0n) is 49.3. The van der Waals surface area contributed by atoms with Crippen molar-refractivity contribution in [3.63, 3.8) is 0 Å². The highest BCUT2D eigenvalue weighted by atomic mass is 15.1. The maximum absolute atomic E-state index is 2.55. The minimum atomic E-state index is 0.806. The SMILES string of the molecule is CCCCCCCCCC(CCCCCCCCCCC(C(CCCCCCCCC(CCCCCCCCC)N(C)C)[C@H]1C[C@H]1C[C@H]1C[C@H]1CCCCC)[C@H]1C[C@H]1CCCCCCCC)N(C)C. The van der Waals surface area contributed by atoms with Gasteiger partial charge in [-0.15, -0.1) is 0 Å². The van der Waals surface area contributed by atoms with Gasteiger partial charge in [0.05, 0.1) is 0 Å². The third kappa shape index (κ3) is 31.4. The van der Waals surface area contributed by atoms with Gasteiger partial charge < -0.3 is 9.80 Å². The Bertz CT molecular complexity index is 1100. The standard InChI is InChI=1S/C67H132N2/c1-9-13-17-20-25-32-40-48-62(68(5)6)50-42-34-27-23-24-28-36-44-52-64(66-56-59(66)47-39-31-22-19-15-11-3)65(67-57-61(67)55-60-54-58(60)46-38-16-12-4)53-45-37-30-29-35-43-51-63(69(7)8)49-41-33-26-21-18-14-10-2/h58-67H,9-57H2,1-8H3/t58-,59-,60-,61-,62?,63?,64?,65?,66+,67+/m1/s1. The lowest BCUT2D eigenvalue weighted by Gasteiger charge is -2.29. The molecule has 3 aliphatic carbocycles. The summed E-state index contributed by atoms with van der Waals surface area (Å²) in [5.74, 6) is 8.75. The van der Waals surface area contributed by atoms with Gasteiger partial charge in [0.25, 0.3) is 0 Å². The fraction of sp³-hybridized carbons (Fsp3) is 1.00. The maximum Gasteiger partial charge on any atom is 0.00891 e. The number of nitrogens with zero attached hydrogens (tertiary/aromatic N) is 2. The summed E-state index contributed by atoms with van der Waals surface area (Å²) < 4.78 is 0. The molecule has 0 N–H and O–H groups in total. The second-order valence-corrected chi connectivity index (χ2v) is 25.9. The molecule has 2 nitrogen and oxygen atoms in total. The van der Waals surface area contributed by atoms with E-state index < -0.39 is 0 Å². The highest BCUT2D eigenvalue weighted by Gasteiger charge is 2.53. The van der Waals surface area contributed by atoms with Gasteiger partial charge in [-0.25, -0.2) is 0 Å². The van der Waals surface area contributed by atoms with Crippen molar-refractivity contribution in [2.24, 2.45) is 47.3 Å². The van der Waals surface area contributed by atoms with E-state index >= 15 is 0 Å². The highest BCUT2D eigenvalue weighted by Crippen LogP contribution is 2.61. The maximum atomic E-state index is 2.55. The zero-order valence-corrected chi connectivity index (χ0v) is 49.3. The largest absolute Gasteiger partial charge is 0.306 e. The average molecular weight is 966 g/mol. The molecule has 0 aromatic heterocycles. The first-order valence-corrected chi connectivity index (χ1v) is 33.2. The molecule has 0 bridgehead atoms. The molecule has 0 amide bonds. The van der Waals surface area contributed by atoms with E-state index in [0.29, 0.717) is 0 Å². The van der Waals surface area contributed by atoms with E-state index in [9.17, 15) is 0 Å². The summed E-state index contributed by atoms with van der Waals surface area (Å²) in [6.45, 7) is 9.42. The number of unbranched alkanes of at least 4 members (excludes halogenated alkanes) is 31. The monoisotopic (exact) mass is 965 g/mol. The van der Waals surface area contributed by atoms with Gasteiger partial charge in [-0.1, -0.05) is 278 Å². The van der Waals surface area contributed by atoms with E-state index in [1.165, 1.54) is 263 Å². The number of hydrogen-bond donors (Lipinski definition) is 0. The second kappa shape index (κ2) is 42.2. The van der Waals surface area contributed by atoms with Crippen molar-refractivity contribution in [2.45, 2.75) is 354 Å². The minimum absolute atomic E-state index is 0.806. The Morgan fingerprint density at radius 2 is 0.551 bits per heavy atom. The van der Waals surface area contributed by atoms with Crippen molar-refractivity contribution in [1.82, 2.24) is 9.80 Å². The van der Waals surface area contributed by atoms with Crippen LogP contribution in [0.3, 0.4) is 0 Å². The molecule has 69 heavy (non-hydrogen) atoms. The molecule has 0 radical (unpaired) electrons. The molecule has 0 spiro atoms. The van der Waals surface area contributed by atoms with Gasteiger partial charge in [-0.2, -0.15) is 0 Å². The third-order valence-corrected chi connectivity index (χ3v) is 19.3. The van der Waals surface area contributed by atoms with E-state index in [1.54, 1.807) is 51.4 Å². The van der Waals surface area contributed by atoms with E-state index in [4.69, 9.17) is 0 Å². The normalized spacial score (nSPS) is 22.7. The van der Waals surface area contributed by atoms with Crippen LogP contribution in [0.4, 0.5) is 0 Å². The van der Waals surface area contributed by atoms with Crippen LogP contribution >= 0.6 is 0 Å². The van der Waals surface area contributed by atoms with Crippen LogP contribution in [0, 0.1) is 47.3 Å². The van der Waals surface area contributed by atoms with Crippen LogP contribution in [-0.2, 0) is 0 Å². The van der Waals surface area contributed by atoms with Crippen molar-refractivity contribution in [3.8, 4) is 0 Å². The first kappa shape index (κ1) is 63.2. The zero-order chi connectivity index (χ0) is 49.6. The summed E-state index contributed by atoms with van der Waals surface area (Å²) in [6.07, 6.45) is 72.6. The molecule has 0 aromatic carbocycles. The van der Waals surface area contributed by atoms with Gasteiger partial charge in [-0.05, 0) is 140 Å². The Morgan fingerprint density at radius 1 is 0.275 bits per heavy atom. The van der Waals surface area contributed by atoms with Crippen molar-refractivity contribution in [3.05, 3.63) is 0 Å². The molecule has 4 unspecified atom stereocenters. The molecule has 3 rings (SSSR count). The average Bonchev–Trinajstić information content (AvgIpc) is 4.28. The summed E-state index contributed by atoms with van der Waals surface area (Å²) in [5.41, 5.74) is 0. The number of hydrogen-bond acceptors (Lipinski definition) is 2. The molecule has 3 fully saturated rings. The molecule has 10 atom stereocenters. The summed E-state index contributed by atoms with van der Waals surface area (Å²) in [5, 5.41) is 0. The summed E-state index contributed by atoms with van der Waals surface area (Å²) in [4.78, 5) is 5.09. The Morgan fingerprint density at radius 3 is 0.928 bits per heavy atom. The predicted octanol–water partition coefficient (Wildman–Crippen LogP) is 22.0. The Kier molecular flexibility index (Phi) is 38.6. The molecular formula is C67H132N2. The Balaban J connectivity index is 1.45. The highest BCUT2D eigenvalue weighted by molar-refractivity contribution is 5.02. The molecule has 2 heteroatoms. The first-order chi connectivity index (χ1) is 33.8. The quantitative estimate of drug-likeness (QED) is 0.0561. The summed E-state index contributed by atoms with van der Waals surface area (Å²) >= 11 is 0. The van der Waals surface area contributed by atoms with Crippen LogP contribution in [0.15, 0.2) is 0 Å². The van der Waals surface area contributed by atoms with Crippen LogP contribution in [0.25, 0.3) is 0 Å². The fourth-order valence-electron chi connectivity index (χ4n) is 14.2. The topological polar surface area (TPSA) is 6.48 Å². The van der Waals surface area contributed by atoms with Gasteiger partial charge >= 0.3 is 0 Å². The molecular weight excluding hydrogens is 833 g/mol. The smallest absolute Gasteiger partial charge is 0.00891 e. The van der Waals surface area contributed by atoms with Crippen LogP contribution in [-0.4, -0.2) is 50.1 Å². The molecule has 0 heterocycles. The molecule has 0 saturated heterocycles. The van der Waals surface area contributed by atoms with Crippen LogP contribution in [0.2, 0.25) is 0 Å². The lowest BCUT2D eigenvalue weighted by molar-refractivity contribution is 0.201. The van der Waals surface area contributed by atoms with Crippen molar-refractivity contribution in [2.75, 3.05) is 28.2 Å². The van der Waals surface area contributed by atoms with E-state index in [0.717, 1.165) is 59.4 Å². The van der Waals surface area contributed by atoms with Crippen molar-refractivity contribution in [1.29, 1.82) is 0 Å². The Labute approximate surface area is 437 Å².